The number of rotatable bonds is 3. The summed E-state index contributed by atoms with van der Waals surface area (Å²) in [5.74, 6) is -1.28. The Morgan fingerprint density at radius 1 is 1.20 bits per heavy atom. The predicted octanol–water partition coefficient (Wildman–Crippen LogP) is -5.09. The van der Waals surface area contributed by atoms with Gasteiger partial charge in [0.1, 0.15) is 18.3 Å². The third-order valence-electron chi connectivity index (χ3n) is 2.93. The second kappa shape index (κ2) is 7.37. The second-order valence-corrected chi connectivity index (χ2v) is 4.31. The molecular weight excluding hydrogens is 277 g/mol. The molecule has 4 atom stereocenters. The van der Waals surface area contributed by atoms with Crippen LogP contribution in [0.2, 0.25) is 0 Å². The van der Waals surface area contributed by atoms with Crippen molar-refractivity contribution in [3.8, 4) is 0 Å². The molecule has 104 valence electrons. The predicted molar refractivity (Wildman–Crippen MR) is 62.2 cm³/mol. The van der Waals surface area contributed by atoms with Crippen molar-refractivity contribution in [2.45, 2.75) is 24.5 Å². The van der Waals surface area contributed by atoms with Crippen LogP contribution in [0.5, 0.6) is 0 Å². The van der Waals surface area contributed by atoms with Gasteiger partial charge in [-0.1, -0.05) is 12.1 Å². The summed E-state index contributed by atoms with van der Waals surface area (Å²) >= 11 is 0. The zero-order valence-electron chi connectivity index (χ0n) is 10.9. The first-order valence-corrected chi connectivity index (χ1v) is 5.73. The fourth-order valence-electron chi connectivity index (χ4n) is 1.80. The number of hydrogen-bond acceptors (Lipinski definition) is 7. The van der Waals surface area contributed by atoms with Gasteiger partial charge in [0.05, 0.1) is 12.6 Å². The van der Waals surface area contributed by atoms with E-state index in [4.69, 9.17) is 4.74 Å². The molecule has 0 aliphatic carbocycles. The summed E-state index contributed by atoms with van der Waals surface area (Å²) in [6.45, 7) is -0.104. The Morgan fingerprint density at radius 2 is 1.80 bits per heavy atom. The van der Waals surface area contributed by atoms with Crippen molar-refractivity contribution in [3.05, 3.63) is 29.8 Å². The molecule has 1 aromatic carbocycles. The van der Waals surface area contributed by atoms with Crippen molar-refractivity contribution in [3.63, 3.8) is 0 Å². The summed E-state index contributed by atoms with van der Waals surface area (Å²) in [4.78, 5) is 10.6. The third-order valence-corrected chi connectivity index (χ3v) is 2.93. The van der Waals surface area contributed by atoms with Crippen molar-refractivity contribution < 1.29 is 59.5 Å². The Labute approximate surface area is 137 Å². The van der Waals surface area contributed by atoms with Crippen molar-refractivity contribution in [1.29, 1.82) is 0 Å². The molecule has 0 unspecified atom stereocenters. The van der Waals surface area contributed by atoms with Crippen molar-refractivity contribution in [2.24, 2.45) is 0 Å². The minimum absolute atomic E-state index is 0. The average Bonchev–Trinajstić information content (AvgIpc) is 2.40. The van der Waals surface area contributed by atoms with Gasteiger partial charge >= 0.3 is 29.6 Å². The summed E-state index contributed by atoms with van der Waals surface area (Å²) in [7, 11) is 0. The van der Waals surface area contributed by atoms with Crippen LogP contribution in [-0.4, -0.2) is 52.4 Å². The summed E-state index contributed by atoms with van der Waals surface area (Å²) in [5, 5.41) is 41.9. The van der Waals surface area contributed by atoms with Gasteiger partial charge in [-0.15, -0.1) is 0 Å². The summed E-state index contributed by atoms with van der Waals surface area (Å²) in [6.07, 6.45) is -4.60. The molecular formula is C12H14NNaO6. The van der Waals surface area contributed by atoms with Gasteiger partial charge in [0.25, 0.3) is 0 Å². The quantitative estimate of drug-likeness (QED) is 0.411. The minimum Gasteiger partial charge on any atom is -0.545 e. The standard InChI is InChI=1S/C12H15NO6.Na/c14-8-5-19-11(10(16)9(8)15)13-7-3-1-6(2-4-7)12(17)18;/h1-4,8-11,13-16H,5H2,(H,17,18);/q;+1/p-1/t8-,9+,10-,11-;/m1./s1. The normalized spacial score (nSPS) is 29.4. The number of benzene rings is 1. The summed E-state index contributed by atoms with van der Waals surface area (Å²) < 4.78 is 5.15. The molecule has 0 spiro atoms. The summed E-state index contributed by atoms with van der Waals surface area (Å²) in [5.41, 5.74) is 0.545. The van der Waals surface area contributed by atoms with E-state index in [0.29, 0.717) is 5.69 Å². The number of aromatic carboxylic acids is 1. The number of carboxylic acid groups (broad SMARTS) is 1. The van der Waals surface area contributed by atoms with E-state index in [0.717, 1.165) is 0 Å². The fourth-order valence-corrected chi connectivity index (χ4v) is 1.80. The number of carbonyl (C=O) groups is 1. The van der Waals surface area contributed by atoms with Crippen LogP contribution in [0.4, 0.5) is 5.69 Å². The number of hydrogen-bond donors (Lipinski definition) is 4. The van der Waals surface area contributed by atoms with Gasteiger partial charge in [0.15, 0.2) is 6.23 Å². The van der Waals surface area contributed by atoms with Gasteiger partial charge in [0, 0.05) is 5.69 Å². The van der Waals surface area contributed by atoms with Crippen LogP contribution in [0.25, 0.3) is 0 Å². The molecule has 2 rings (SSSR count). The second-order valence-electron chi connectivity index (χ2n) is 4.31. The maximum absolute atomic E-state index is 10.6. The fraction of sp³-hybridized carbons (Fsp3) is 0.417. The molecule has 0 saturated carbocycles. The van der Waals surface area contributed by atoms with E-state index in [1.807, 2.05) is 0 Å². The molecule has 1 aliphatic heterocycles. The summed E-state index contributed by atoms with van der Waals surface area (Å²) in [6, 6.07) is 5.66. The molecule has 20 heavy (non-hydrogen) atoms. The van der Waals surface area contributed by atoms with Crippen LogP contribution >= 0.6 is 0 Å². The first-order valence-electron chi connectivity index (χ1n) is 5.73. The molecule has 8 heteroatoms. The number of aliphatic hydroxyl groups is 3. The Kier molecular flexibility index (Phi) is 6.41. The molecule has 7 nitrogen and oxygen atoms in total. The SMILES string of the molecule is O=C([O-])c1ccc(N[C@@H]2OC[C@@H](O)[C@H](O)[C@H]2O)cc1.[Na+]. The Morgan fingerprint density at radius 3 is 2.35 bits per heavy atom. The first-order chi connectivity index (χ1) is 8.99. The van der Waals surface area contributed by atoms with Gasteiger partial charge in [-0.3, -0.25) is 0 Å². The zero-order valence-corrected chi connectivity index (χ0v) is 12.9. The Hall–Kier alpha value is -0.670. The van der Waals surface area contributed by atoms with E-state index in [9.17, 15) is 25.2 Å². The minimum atomic E-state index is -1.30. The molecule has 0 amide bonds. The monoisotopic (exact) mass is 291 g/mol. The maximum Gasteiger partial charge on any atom is 1.00 e. The maximum atomic E-state index is 10.6. The van der Waals surface area contributed by atoms with Gasteiger partial charge in [-0.25, -0.2) is 0 Å². The van der Waals surface area contributed by atoms with E-state index < -0.39 is 30.5 Å². The van der Waals surface area contributed by atoms with Crippen LogP contribution in [0, 0.1) is 0 Å². The third kappa shape index (κ3) is 3.92. The molecule has 0 aromatic heterocycles. The van der Waals surface area contributed by atoms with Crippen molar-refractivity contribution in [2.75, 3.05) is 11.9 Å². The molecule has 1 heterocycles. The van der Waals surface area contributed by atoms with Crippen LogP contribution in [-0.2, 0) is 4.74 Å². The van der Waals surface area contributed by atoms with Gasteiger partial charge in [-0.05, 0) is 17.7 Å². The Balaban J connectivity index is 0.00000200. The molecule has 0 radical (unpaired) electrons. The van der Waals surface area contributed by atoms with Crippen molar-refractivity contribution in [1.82, 2.24) is 0 Å². The number of ether oxygens (including phenoxy) is 1. The number of nitrogens with one attached hydrogen (secondary N) is 1. The largest absolute Gasteiger partial charge is 1.00 e. The number of aliphatic hydroxyl groups excluding tert-OH is 3. The molecule has 1 saturated heterocycles. The van der Waals surface area contributed by atoms with Crippen LogP contribution in [0.3, 0.4) is 0 Å². The average molecular weight is 291 g/mol. The number of anilines is 1. The van der Waals surface area contributed by atoms with Gasteiger partial charge in [-0.2, -0.15) is 0 Å². The smallest absolute Gasteiger partial charge is 0.545 e. The van der Waals surface area contributed by atoms with E-state index in [-0.39, 0.29) is 41.7 Å². The van der Waals surface area contributed by atoms with E-state index in [1.54, 1.807) is 0 Å². The molecule has 1 aliphatic rings. The van der Waals surface area contributed by atoms with Gasteiger partial charge in [0.2, 0.25) is 0 Å². The van der Waals surface area contributed by atoms with E-state index >= 15 is 0 Å². The van der Waals surface area contributed by atoms with Crippen LogP contribution < -0.4 is 40.0 Å². The molecule has 1 aromatic rings. The van der Waals surface area contributed by atoms with Crippen molar-refractivity contribution >= 4 is 11.7 Å². The molecule has 0 bridgehead atoms. The van der Waals surface area contributed by atoms with Gasteiger partial charge < -0.3 is 35.3 Å². The van der Waals surface area contributed by atoms with E-state index in [1.165, 1.54) is 24.3 Å². The van der Waals surface area contributed by atoms with Crippen LogP contribution in [0.15, 0.2) is 24.3 Å². The van der Waals surface area contributed by atoms with Crippen LogP contribution in [0.1, 0.15) is 10.4 Å². The molecule has 4 N–H and O–H groups in total. The van der Waals surface area contributed by atoms with E-state index in [2.05, 4.69) is 5.32 Å². The number of carbonyl (C=O) groups excluding carboxylic acids is 1. The molecule has 1 fully saturated rings. The topological polar surface area (TPSA) is 122 Å². The Bertz CT molecular complexity index is 454. The first kappa shape index (κ1) is 17.4. The zero-order chi connectivity index (χ0) is 14.0. The number of carboxylic acids is 1.